The minimum atomic E-state index is -0.261. The number of amides is 2. The molecule has 0 bridgehead atoms. The Hall–Kier alpha value is -2.93. The van der Waals surface area contributed by atoms with Crippen molar-refractivity contribution in [1.29, 1.82) is 0 Å². The standard InChI is InChI=1S/C26H34FN3O3/c1-18-5-4-6-23(15-18)33-14-11-28-25(31)20(3)30-12-9-22(10-13-30)26(32)29-17-21-8-7-19(2)24(27)16-21/h4-8,15-16,20,22H,9-14,17H2,1-3H3,(H,28,31)(H,29,32). The van der Waals surface area contributed by atoms with Gasteiger partial charge >= 0.3 is 0 Å². The number of likely N-dealkylation sites (tertiary alicyclic amines) is 1. The summed E-state index contributed by atoms with van der Waals surface area (Å²) >= 11 is 0. The van der Waals surface area contributed by atoms with E-state index < -0.39 is 0 Å². The summed E-state index contributed by atoms with van der Waals surface area (Å²) in [6.07, 6.45) is 1.39. The van der Waals surface area contributed by atoms with Gasteiger partial charge in [0.05, 0.1) is 12.6 Å². The molecule has 1 unspecified atom stereocenters. The Balaban J connectivity index is 1.35. The highest BCUT2D eigenvalue weighted by atomic mass is 19.1. The lowest BCUT2D eigenvalue weighted by Crippen LogP contribution is -2.50. The lowest BCUT2D eigenvalue weighted by Gasteiger charge is -2.34. The number of benzene rings is 2. The maximum Gasteiger partial charge on any atom is 0.237 e. The van der Waals surface area contributed by atoms with Crippen LogP contribution in [0.2, 0.25) is 0 Å². The quantitative estimate of drug-likeness (QED) is 0.569. The molecule has 1 atom stereocenters. The normalized spacial score (nSPS) is 15.6. The van der Waals surface area contributed by atoms with Gasteiger partial charge in [-0.15, -0.1) is 0 Å². The van der Waals surface area contributed by atoms with Crippen LogP contribution in [0.3, 0.4) is 0 Å². The van der Waals surface area contributed by atoms with Gasteiger partial charge < -0.3 is 15.4 Å². The first-order valence-electron chi connectivity index (χ1n) is 11.6. The van der Waals surface area contributed by atoms with Crippen LogP contribution in [-0.4, -0.2) is 49.0 Å². The molecule has 6 nitrogen and oxygen atoms in total. The highest BCUT2D eigenvalue weighted by Crippen LogP contribution is 2.20. The summed E-state index contributed by atoms with van der Waals surface area (Å²) in [5.74, 6) is 0.400. The van der Waals surface area contributed by atoms with Gasteiger partial charge in [-0.05, 0) is 81.6 Å². The molecular weight excluding hydrogens is 421 g/mol. The van der Waals surface area contributed by atoms with Gasteiger partial charge in [0, 0.05) is 12.5 Å². The number of nitrogens with zero attached hydrogens (tertiary/aromatic N) is 1. The summed E-state index contributed by atoms with van der Waals surface area (Å²) < 4.78 is 19.4. The van der Waals surface area contributed by atoms with E-state index in [0.717, 1.165) is 16.9 Å². The second-order valence-electron chi connectivity index (χ2n) is 8.74. The Labute approximate surface area is 195 Å². The summed E-state index contributed by atoms with van der Waals surface area (Å²) in [6, 6.07) is 12.6. The first-order valence-corrected chi connectivity index (χ1v) is 11.6. The highest BCUT2D eigenvalue weighted by molar-refractivity contribution is 5.81. The number of aryl methyl sites for hydroxylation is 2. The molecular formula is C26H34FN3O3. The number of hydrogen-bond acceptors (Lipinski definition) is 4. The Morgan fingerprint density at radius 3 is 2.58 bits per heavy atom. The molecule has 0 radical (unpaired) electrons. The number of carbonyl (C=O) groups is 2. The third-order valence-electron chi connectivity index (χ3n) is 6.19. The fourth-order valence-corrected chi connectivity index (χ4v) is 3.99. The maximum atomic E-state index is 13.7. The fourth-order valence-electron chi connectivity index (χ4n) is 3.99. The predicted octanol–water partition coefficient (Wildman–Crippen LogP) is 3.35. The second kappa shape index (κ2) is 11.8. The zero-order chi connectivity index (χ0) is 23.8. The molecule has 0 aromatic heterocycles. The molecule has 1 aliphatic rings. The monoisotopic (exact) mass is 455 g/mol. The van der Waals surface area contributed by atoms with Gasteiger partial charge in [-0.2, -0.15) is 0 Å². The minimum Gasteiger partial charge on any atom is -0.492 e. The number of hydrogen-bond donors (Lipinski definition) is 2. The summed E-state index contributed by atoms with van der Waals surface area (Å²) in [5.41, 5.74) is 2.47. The molecule has 2 aromatic carbocycles. The largest absolute Gasteiger partial charge is 0.492 e. The molecule has 2 aromatic rings. The number of halogens is 1. The van der Waals surface area contributed by atoms with Gasteiger partial charge in [0.25, 0.3) is 0 Å². The van der Waals surface area contributed by atoms with Crippen LogP contribution >= 0.6 is 0 Å². The van der Waals surface area contributed by atoms with Gasteiger partial charge in [0.1, 0.15) is 18.2 Å². The molecule has 2 amide bonds. The van der Waals surface area contributed by atoms with E-state index in [2.05, 4.69) is 15.5 Å². The molecule has 3 rings (SSSR count). The molecule has 0 aliphatic carbocycles. The van der Waals surface area contributed by atoms with Crippen LogP contribution in [0.4, 0.5) is 4.39 Å². The van der Waals surface area contributed by atoms with E-state index in [0.29, 0.717) is 51.2 Å². The molecule has 1 fully saturated rings. The van der Waals surface area contributed by atoms with Crippen LogP contribution < -0.4 is 15.4 Å². The van der Waals surface area contributed by atoms with E-state index in [-0.39, 0.29) is 29.6 Å². The third-order valence-corrected chi connectivity index (χ3v) is 6.19. The average Bonchev–Trinajstić information content (AvgIpc) is 2.82. The van der Waals surface area contributed by atoms with Crippen molar-refractivity contribution in [2.45, 2.75) is 46.2 Å². The van der Waals surface area contributed by atoms with Crippen molar-refractivity contribution in [3.8, 4) is 5.75 Å². The molecule has 1 saturated heterocycles. The van der Waals surface area contributed by atoms with Crippen LogP contribution in [0, 0.1) is 25.6 Å². The van der Waals surface area contributed by atoms with E-state index in [9.17, 15) is 14.0 Å². The Morgan fingerprint density at radius 2 is 1.88 bits per heavy atom. The minimum absolute atomic E-state index is 0.0129. The first kappa shape index (κ1) is 24.7. The summed E-state index contributed by atoms with van der Waals surface area (Å²) in [6.45, 7) is 8.16. The van der Waals surface area contributed by atoms with E-state index >= 15 is 0 Å². The fraction of sp³-hybridized carbons (Fsp3) is 0.462. The number of ether oxygens (including phenoxy) is 1. The Morgan fingerprint density at radius 1 is 1.12 bits per heavy atom. The van der Waals surface area contributed by atoms with Crippen molar-refractivity contribution in [3.63, 3.8) is 0 Å². The van der Waals surface area contributed by atoms with Crippen LogP contribution in [0.25, 0.3) is 0 Å². The average molecular weight is 456 g/mol. The Bertz CT molecular complexity index is 958. The number of rotatable bonds is 9. The molecule has 0 spiro atoms. The van der Waals surface area contributed by atoms with Crippen molar-refractivity contribution >= 4 is 11.8 Å². The van der Waals surface area contributed by atoms with Crippen molar-refractivity contribution in [2.75, 3.05) is 26.2 Å². The topological polar surface area (TPSA) is 70.7 Å². The SMILES string of the molecule is Cc1cccc(OCCNC(=O)C(C)N2CCC(C(=O)NCc3ccc(C)c(F)c3)CC2)c1. The second-order valence-corrected chi connectivity index (χ2v) is 8.74. The summed E-state index contributed by atoms with van der Waals surface area (Å²) in [4.78, 5) is 27.2. The molecule has 1 aliphatic heterocycles. The maximum absolute atomic E-state index is 13.7. The van der Waals surface area contributed by atoms with Crippen LogP contribution in [0.15, 0.2) is 42.5 Å². The highest BCUT2D eigenvalue weighted by Gasteiger charge is 2.29. The van der Waals surface area contributed by atoms with Gasteiger partial charge in [0.15, 0.2) is 0 Å². The van der Waals surface area contributed by atoms with Gasteiger partial charge in [-0.25, -0.2) is 4.39 Å². The van der Waals surface area contributed by atoms with Crippen LogP contribution in [0.1, 0.15) is 36.5 Å². The van der Waals surface area contributed by atoms with Gasteiger partial charge in [0.2, 0.25) is 11.8 Å². The van der Waals surface area contributed by atoms with E-state index in [1.54, 1.807) is 13.0 Å². The lowest BCUT2D eigenvalue weighted by atomic mass is 9.94. The lowest BCUT2D eigenvalue weighted by molar-refractivity contribution is -0.128. The number of carbonyl (C=O) groups excluding carboxylic acids is 2. The smallest absolute Gasteiger partial charge is 0.237 e. The number of piperidine rings is 1. The molecule has 0 saturated carbocycles. The zero-order valence-corrected chi connectivity index (χ0v) is 19.7. The molecule has 2 N–H and O–H groups in total. The third kappa shape index (κ3) is 7.29. The molecule has 7 heteroatoms. The van der Waals surface area contributed by atoms with E-state index in [1.807, 2.05) is 44.2 Å². The van der Waals surface area contributed by atoms with Gasteiger partial charge in [-0.1, -0.05) is 24.3 Å². The summed E-state index contributed by atoms with van der Waals surface area (Å²) in [5, 5.41) is 5.85. The first-order chi connectivity index (χ1) is 15.8. The zero-order valence-electron chi connectivity index (χ0n) is 19.7. The number of nitrogens with one attached hydrogen (secondary N) is 2. The predicted molar refractivity (Wildman–Crippen MR) is 126 cm³/mol. The van der Waals surface area contributed by atoms with Crippen molar-refractivity contribution in [3.05, 3.63) is 65.0 Å². The van der Waals surface area contributed by atoms with Crippen LogP contribution in [-0.2, 0) is 16.1 Å². The van der Waals surface area contributed by atoms with Crippen molar-refractivity contribution in [1.82, 2.24) is 15.5 Å². The molecule has 1 heterocycles. The Kier molecular flexibility index (Phi) is 8.83. The van der Waals surface area contributed by atoms with Gasteiger partial charge in [-0.3, -0.25) is 14.5 Å². The van der Waals surface area contributed by atoms with Crippen molar-refractivity contribution < 1.29 is 18.7 Å². The van der Waals surface area contributed by atoms with E-state index in [1.165, 1.54) is 6.07 Å². The van der Waals surface area contributed by atoms with E-state index in [4.69, 9.17) is 4.74 Å². The molecule has 178 valence electrons. The van der Waals surface area contributed by atoms with Crippen molar-refractivity contribution in [2.24, 2.45) is 5.92 Å². The van der Waals surface area contributed by atoms with Crippen LogP contribution in [0.5, 0.6) is 5.75 Å². The molecule has 33 heavy (non-hydrogen) atoms. The summed E-state index contributed by atoms with van der Waals surface area (Å²) in [7, 11) is 0.